The number of allylic oxidation sites excluding steroid dienone is 1. The summed E-state index contributed by atoms with van der Waals surface area (Å²) >= 11 is 2.25. The predicted octanol–water partition coefficient (Wildman–Crippen LogP) is 6.61. The minimum absolute atomic E-state index is 0.0439. The Morgan fingerprint density at radius 1 is 1.16 bits per heavy atom. The maximum absolute atomic E-state index is 13.0. The predicted molar refractivity (Wildman–Crippen MR) is 145 cm³/mol. The lowest BCUT2D eigenvalue weighted by Gasteiger charge is -2.23. The molecule has 8 nitrogen and oxygen atoms in total. The van der Waals surface area contributed by atoms with Crippen molar-refractivity contribution in [1.29, 1.82) is 5.26 Å². The average molecular weight is 551 g/mol. The van der Waals surface area contributed by atoms with Crippen LogP contribution in [0.15, 0.2) is 62.7 Å². The molecule has 0 spiro atoms. The Kier molecular flexibility index (Phi) is 9.51. The largest absolute Gasteiger partial charge is 0.506 e. The van der Waals surface area contributed by atoms with Gasteiger partial charge in [0, 0.05) is 11.6 Å². The molecule has 0 unspecified atom stereocenters. The van der Waals surface area contributed by atoms with E-state index in [4.69, 9.17) is 20.8 Å². The molecule has 3 rings (SSSR count). The third kappa shape index (κ3) is 6.91. The van der Waals surface area contributed by atoms with Crippen molar-refractivity contribution in [3.05, 3.63) is 75.5 Å². The molecule has 1 aliphatic rings. The standard InChI is InChI=1S/C28H26N2O6S2/c1-6-22(31)35-14-8-7-13-34-18-11-9-17(10-12-18)26(33)36-21-15-19(28(2,3)4)23(32)25-24(21)37-27(38-25)20(16-29)30-5/h6,9-12,15,32H,1,7-8,13-14H2,2-4H3/b27-20+. The molecule has 0 bridgehead atoms. The molecule has 1 aliphatic heterocycles. The van der Waals surface area contributed by atoms with Crippen LogP contribution in [-0.4, -0.2) is 30.3 Å². The number of unbranched alkanes of at least 4 members (excludes halogenated alkanes) is 1. The molecule has 196 valence electrons. The number of carbonyl (C=O) groups is 2. The maximum Gasteiger partial charge on any atom is 0.343 e. The Morgan fingerprint density at radius 3 is 2.42 bits per heavy atom. The number of fused-ring (bicyclic) bond motifs is 1. The maximum atomic E-state index is 13.0. The zero-order chi connectivity index (χ0) is 27.9. The van der Waals surface area contributed by atoms with Crippen LogP contribution in [0.3, 0.4) is 0 Å². The lowest BCUT2D eigenvalue weighted by Crippen LogP contribution is -2.14. The van der Waals surface area contributed by atoms with Crippen LogP contribution in [0.2, 0.25) is 0 Å². The van der Waals surface area contributed by atoms with Crippen molar-refractivity contribution in [2.24, 2.45) is 0 Å². The molecule has 38 heavy (non-hydrogen) atoms. The highest BCUT2D eigenvalue weighted by molar-refractivity contribution is 8.24. The summed E-state index contributed by atoms with van der Waals surface area (Å²) < 4.78 is 16.8. The van der Waals surface area contributed by atoms with E-state index in [0.717, 1.165) is 29.6 Å². The summed E-state index contributed by atoms with van der Waals surface area (Å²) in [6.45, 7) is 17.1. The number of carbonyl (C=O) groups excluding carboxylic acids is 2. The Labute approximate surface area is 230 Å². The summed E-state index contributed by atoms with van der Waals surface area (Å²) in [5, 5.41) is 20.3. The van der Waals surface area contributed by atoms with Gasteiger partial charge in [0.05, 0.1) is 45.4 Å². The number of benzene rings is 2. The molecular formula is C28H26N2O6S2. The van der Waals surface area contributed by atoms with Crippen molar-refractivity contribution in [2.75, 3.05) is 13.2 Å². The molecule has 2 aromatic rings. The van der Waals surface area contributed by atoms with E-state index < -0.39 is 17.4 Å². The van der Waals surface area contributed by atoms with Gasteiger partial charge in [0.15, 0.2) is 0 Å². The zero-order valence-corrected chi connectivity index (χ0v) is 22.8. The number of phenols is 1. The second-order valence-electron chi connectivity index (χ2n) is 9.08. The van der Waals surface area contributed by atoms with Crippen LogP contribution in [0, 0.1) is 17.9 Å². The van der Waals surface area contributed by atoms with Gasteiger partial charge in [0.2, 0.25) is 0 Å². The molecule has 0 aliphatic carbocycles. The Balaban J connectivity index is 1.73. The first kappa shape index (κ1) is 28.7. The number of hydrogen-bond donors (Lipinski definition) is 1. The number of esters is 2. The van der Waals surface area contributed by atoms with Gasteiger partial charge in [-0.15, -0.1) is 0 Å². The zero-order valence-electron chi connectivity index (χ0n) is 21.2. The minimum Gasteiger partial charge on any atom is -0.506 e. The molecule has 1 N–H and O–H groups in total. The molecule has 10 heteroatoms. The molecule has 0 saturated heterocycles. The number of rotatable bonds is 9. The van der Waals surface area contributed by atoms with E-state index >= 15 is 0 Å². The number of phenolic OH excluding ortho intramolecular Hbond substituents is 1. The number of aromatic hydroxyl groups is 1. The first-order valence-corrected chi connectivity index (χ1v) is 13.2. The van der Waals surface area contributed by atoms with Gasteiger partial charge >= 0.3 is 11.9 Å². The van der Waals surface area contributed by atoms with Crippen molar-refractivity contribution in [2.45, 2.75) is 48.8 Å². The summed E-state index contributed by atoms with van der Waals surface area (Å²) in [5.41, 5.74) is 0.344. The highest BCUT2D eigenvalue weighted by Crippen LogP contribution is 2.60. The number of ether oxygens (including phenoxy) is 3. The number of nitriles is 1. The number of hydrogen-bond acceptors (Lipinski definition) is 9. The summed E-state index contributed by atoms with van der Waals surface area (Å²) in [7, 11) is 0. The molecule has 0 saturated carbocycles. The first-order chi connectivity index (χ1) is 18.1. The van der Waals surface area contributed by atoms with Crippen LogP contribution < -0.4 is 9.47 Å². The highest BCUT2D eigenvalue weighted by Gasteiger charge is 2.33. The van der Waals surface area contributed by atoms with Gasteiger partial charge in [0.1, 0.15) is 17.2 Å². The van der Waals surface area contributed by atoms with Crippen molar-refractivity contribution in [3.8, 4) is 23.3 Å². The fourth-order valence-corrected chi connectivity index (χ4v) is 5.79. The number of thioether (sulfide) groups is 2. The van der Waals surface area contributed by atoms with Crippen LogP contribution in [0.1, 0.15) is 49.5 Å². The molecule has 0 amide bonds. The van der Waals surface area contributed by atoms with Gasteiger partial charge in [-0.25, -0.2) is 19.7 Å². The second-order valence-corrected chi connectivity index (χ2v) is 11.4. The van der Waals surface area contributed by atoms with Crippen LogP contribution in [0.4, 0.5) is 0 Å². The minimum atomic E-state index is -0.595. The summed E-state index contributed by atoms with van der Waals surface area (Å²) in [6.07, 6.45) is 2.45. The number of nitrogens with zero attached hydrogens (tertiary/aromatic N) is 2. The quantitative estimate of drug-likeness (QED) is 0.0921. The average Bonchev–Trinajstić information content (AvgIpc) is 3.34. The van der Waals surface area contributed by atoms with Crippen molar-refractivity contribution < 1.29 is 28.9 Å². The second kappa shape index (κ2) is 12.6. The molecule has 0 radical (unpaired) electrons. The summed E-state index contributed by atoms with van der Waals surface area (Å²) in [4.78, 5) is 28.2. The molecule has 1 heterocycles. The lowest BCUT2D eigenvalue weighted by molar-refractivity contribution is -0.137. The smallest absolute Gasteiger partial charge is 0.343 e. The monoisotopic (exact) mass is 550 g/mol. The van der Waals surface area contributed by atoms with Gasteiger partial charge in [-0.3, -0.25) is 0 Å². The van der Waals surface area contributed by atoms with E-state index in [0.29, 0.717) is 57.0 Å². The van der Waals surface area contributed by atoms with E-state index in [1.807, 2.05) is 26.8 Å². The highest BCUT2D eigenvalue weighted by atomic mass is 32.2. The molecule has 0 aromatic heterocycles. The van der Waals surface area contributed by atoms with Gasteiger partial charge in [0.25, 0.3) is 5.70 Å². The van der Waals surface area contributed by atoms with Crippen LogP contribution in [0.5, 0.6) is 17.2 Å². The third-order valence-corrected chi connectivity index (χ3v) is 7.89. The first-order valence-electron chi connectivity index (χ1n) is 11.6. The summed E-state index contributed by atoms with van der Waals surface area (Å²) in [6, 6.07) is 10.0. The third-order valence-electron chi connectivity index (χ3n) is 5.30. The van der Waals surface area contributed by atoms with Crippen molar-refractivity contribution >= 4 is 35.5 Å². The Bertz CT molecular complexity index is 1350. The molecular weight excluding hydrogens is 524 g/mol. The van der Waals surface area contributed by atoms with Gasteiger partial charge in [-0.1, -0.05) is 50.9 Å². The molecule has 0 atom stereocenters. The van der Waals surface area contributed by atoms with E-state index in [1.165, 1.54) is 0 Å². The van der Waals surface area contributed by atoms with Gasteiger partial charge < -0.3 is 19.3 Å². The van der Waals surface area contributed by atoms with Crippen molar-refractivity contribution in [3.63, 3.8) is 0 Å². The molecule has 0 fully saturated rings. The normalized spacial score (nSPS) is 13.5. The SMILES string of the molecule is [C-]#[N+]/C(C#N)=C1\Sc2c(OC(=O)c3ccc(OCCCCOC(=O)C=C)cc3)cc(C(C)(C)C)c(O)c2S1. The molecule has 2 aromatic carbocycles. The van der Waals surface area contributed by atoms with Crippen LogP contribution >= 0.6 is 23.5 Å². The topological polar surface area (TPSA) is 110 Å². The lowest BCUT2D eigenvalue weighted by atomic mass is 9.86. The van der Waals surface area contributed by atoms with Crippen molar-refractivity contribution in [1.82, 2.24) is 0 Å². The van der Waals surface area contributed by atoms with Gasteiger partial charge in [-0.2, -0.15) is 0 Å². The van der Waals surface area contributed by atoms with E-state index in [-0.39, 0.29) is 17.2 Å². The fourth-order valence-electron chi connectivity index (χ4n) is 3.34. The van der Waals surface area contributed by atoms with Crippen LogP contribution in [0.25, 0.3) is 4.85 Å². The van der Waals surface area contributed by atoms with Gasteiger partial charge in [-0.05, 0) is 48.6 Å². The Morgan fingerprint density at radius 2 is 1.82 bits per heavy atom. The van der Waals surface area contributed by atoms with E-state index in [2.05, 4.69) is 11.4 Å². The Hall–Kier alpha value is -3.86. The van der Waals surface area contributed by atoms with E-state index in [9.17, 15) is 20.0 Å². The summed E-state index contributed by atoms with van der Waals surface area (Å²) in [5.74, 6) is -0.176. The fraction of sp³-hybridized carbons (Fsp3) is 0.286. The van der Waals surface area contributed by atoms with E-state index in [1.54, 1.807) is 30.3 Å². The van der Waals surface area contributed by atoms with Crippen LogP contribution in [-0.2, 0) is 14.9 Å².